The molecule has 0 spiro atoms. The lowest BCUT2D eigenvalue weighted by Crippen LogP contribution is -2.39. The van der Waals surface area contributed by atoms with Crippen LogP contribution in [0.2, 0.25) is 0 Å². The van der Waals surface area contributed by atoms with Crippen LogP contribution in [0.1, 0.15) is 22.0 Å². The Bertz CT molecular complexity index is 832. The molecule has 1 fully saturated rings. The number of carbonyl (C=O) groups excluding carboxylic acids is 1. The molecule has 4 nitrogen and oxygen atoms in total. The van der Waals surface area contributed by atoms with Gasteiger partial charge >= 0.3 is 0 Å². The highest BCUT2D eigenvalue weighted by molar-refractivity contribution is 9.10. The van der Waals surface area contributed by atoms with Crippen LogP contribution in [0, 0.1) is 17.5 Å². The number of primary amides is 1. The van der Waals surface area contributed by atoms with Gasteiger partial charge in [0.2, 0.25) is 0 Å². The number of morpholine rings is 1. The first-order valence-corrected chi connectivity index (χ1v) is 8.26. The van der Waals surface area contributed by atoms with Gasteiger partial charge in [-0.2, -0.15) is 0 Å². The van der Waals surface area contributed by atoms with Crippen molar-refractivity contribution in [2.75, 3.05) is 24.6 Å². The summed E-state index contributed by atoms with van der Waals surface area (Å²) in [4.78, 5) is 13.4. The molecule has 3 rings (SSSR count). The Morgan fingerprint density at radius 3 is 2.60 bits per heavy atom. The lowest BCUT2D eigenvalue weighted by molar-refractivity contribution is 0.0394. The molecule has 0 aromatic heterocycles. The fraction of sp³-hybridized carbons (Fsp3) is 0.235. The highest BCUT2D eigenvalue weighted by Gasteiger charge is 2.27. The summed E-state index contributed by atoms with van der Waals surface area (Å²) >= 11 is 3.20. The summed E-state index contributed by atoms with van der Waals surface area (Å²) in [7, 11) is 0. The Balaban J connectivity index is 1.94. The van der Waals surface area contributed by atoms with E-state index in [2.05, 4.69) is 15.9 Å². The minimum atomic E-state index is -0.968. The molecule has 0 aliphatic carbocycles. The predicted molar refractivity (Wildman–Crippen MR) is 89.9 cm³/mol. The zero-order valence-corrected chi connectivity index (χ0v) is 14.5. The lowest BCUT2D eigenvalue weighted by atomic mass is 10.1. The zero-order chi connectivity index (χ0) is 18.1. The number of hydrogen-bond donors (Lipinski definition) is 1. The van der Waals surface area contributed by atoms with E-state index in [1.165, 1.54) is 6.07 Å². The first-order valence-electron chi connectivity index (χ1n) is 7.47. The van der Waals surface area contributed by atoms with Gasteiger partial charge in [-0.15, -0.1) is 0 Å². The number of hydrogen-bond acceptors (Lipinski definition) is 3. The molecule has 132 valence electrons. The van der Waals surface area contributed by atoms with E-state index in [0.717, 1.165) is 18.2 Å². The quantitative estimate of drug-likeness (QED) is 0.835. The van der Waals surface area contributed by atoms with Gasteiger partial charge in [0.25, 0.3) is 5.91 Å². The number of nitrogens with two attached hydrogens (primary N) is 1. The molecular formula is C17H14BrF3N2O2. The average molecular weight is 415 g/mol. The van der Waals surface area contributed by atoms with Crippen LogP contribution in [-0.2, 0) is 4.74 Å². The van der Waals surface area contributed by atoms with E-state index in [4.69, 9.17) is 10.5 Å². The molecule has 1 heterocycles. The second-order valence-corrected chi connectivity index (χ2v) is 6.54. The molecule has 1 atom stereocenters. The minimum absolute atomic E-state index is 0.214. The largest absolute Gasteiger partial charge is 0.370 e. The smallest absolute Gasteiger partial charge is 0.253 e. The maximum atomic E-state index is 14.2. The summed E-state index contributed by atoms with van der Waals surface area (Å²) in [5.41, 5.74) is 5.88. The summed E-state index contributed by atoms with van der Waals surface area (Å²) < 4.78 is 46.8. The highest BCUT2D eigenvalue weighted by atomic mass is 79.9. The molecule has 2 N–H and O–H groups in total. The molecule has 1 saturated heterocycles. The zero-order valence-electron chi connectivity index (χ0n) is 12.9. The summed E-state index contributed by atoms with van der Waals surface area (Å²) in [6, 6.07) is 6.29. The molecule has 1 amide bonds. The molecule has 0 bridgehead atoms. The van der Waals surface area contributed by atoms with Crippen LogP contribution in [0.25, 0.3) is 0 Å². The molecule has 25 heavy (non-hydrogen) atoms. The normalized spacial score (nSPS) is 17.6. The summed E-state index contributed by atoms with van der Waals surface area (Å²) in [6.07, 6.45) is -0.549. The molecule has 0 radical (unpaired) electrons. The van der Waals surface area contributed by atoms with Crippen molar-refractivity contribution in [1.82, 2.24) is 0 Å². The van der Waals surface area contributed by atoms with E-state index in [9.17, 15) is 18.0 Å². The number of anilines is 1. The molecular weight excluding hydrogens is 401 g/mol. The highest BCUT2D eigenvalue weighted by Crippen LogP contribution is 2.32. The lowest BCUT2D eigenvalue weighted by Gasteiger charge is -2.35. The monoisotopic (exact) mass is 414 g/mol. The van der Waals surface area contributed by atoms with Gasteiger partial charge < -0.3 is 15.4 Å². The van der Waals surface area contributed by atoms with Crippen molar-refractivity contribution >= 4 is 27.5 Å². The minimum Gasteiger partial charge on any atom is -0.370 e. The topological polar surface area (TPSA) is 55.6 Å². The number of amides is 1. The number of rotatable bonds is 3. The fourth-order valence-electron chi connectivity index (χ4n) is 2.84. The van der Waals surface area contributed by atoms with Crippen molar-refractivity contribution in [2.45, 2.75) is 6.10 Å². The Morgan fingerprint density at radius 2 is 1.92 bits per heavy atom. The molecule has 2 aromatic rings. The number of nitrogens with zero attached hydrogens (tertiary/aromatic N) is 1. The number of halogens is 4. The van der Waals surface area contributed by atoms with Gasteiger partial charge in [0.15, 0.2) is 11.6 Å². The maximum absolute atomic E-state index is 14.2. The molecule has 1 unspecified atom stereocenters. The van der Waals surface area contributed by atoms with Gasteiger partial charge in [0.1, 0.15) is 11.9 Å². The molecule has 2 aromatic carbocycles. The van der Waals surface area contributed by atoms with Crippen LogP contribution >= 0.6 is 15.9 Å². The summed E-state index contributed by atoms with van der Waals surface area (Å²) in [6.45, 7) is 0.910. The third-order valence-electron chi connectivity index (χ3n) is 4.00. The first kappa shape index (κ1) is 17.8. The van der Waals surface area contributed by atoms with Gasteiger partial charge in [-0.3, -0.25) is 4.79 Å². The number of ether oxygens (including phenoxy) is 1. The van der Waals surface area contributed by atoms with Crippen molar-refractivity contribution in [3.05, 3.63) is 63.4 Å². The SMILES string of the molecule is NC(=O)c1c(F)cc(Br)cc1N1CCOC(c2ccc(F)c(F)c2)C1. The second-order valence-electron chi connectivity index (χ2n) is 5.62. The predicted octanol–water partition coefficient (Wildman–Crippen LogP) is 3.54. The van der Waals surface area contributed by atoms with Gasteiger partial charge in [-0.25, -0.2) is 13.2 Å². The Morgan fingerprint density at radius 1 is 1.16 bits per heavy atom. The van der Waals surface area contributed by atoms with Gasteiger partial charge in [-0.05, 0) is 29.8 Å². The number of benzene rings is 2. The Kier molecular flexibility index (Phi) is 5.01. The van der Waals surface area contributed by atoms with E-state index in [1.807, 2.05) is 0 Å². The van der Waals surface area contributed by atoms with Crippen molar-refractivity contribution in [3.63, 3.8) is 0 Å². The molecule has 0 saturated carbocycles. The summed E-state index contributed by atoms with van der Waals surface area (Å²) in [5.74, 6) is -3.52. The van der Waals surface area contributed by atoms with Gasteiger partial charge in [-0.1, -0.05) is 22.0 Å². The third-order valence-corrected chi connectivity index (χ3v) is 4.46. The molecule has 8 heteroatoms. The Hall–Kier alpha value is -2.06. The first-order chi connectivity index (χ1) is 11.9. The van der Waals surface area contributed by atoms with Crippen molar-refractivity contribution in [1.29, 1.82) is 0 Å². The van der Waals surface area contributed by atoms with E-state index < -0.39 is 29.5 Å². The second kappa shape index (κ2) is 7.05. The third kappa shape index (κ3) is 3.64. The van der Waals surface area contributed by atoms with Gasteiger partial charge in [0, 0.05) is 17.6 Å². The van der Waals surface area contributed by atoms with Crippen LogP contribution < -0.4 is 10.6 Å². The van der Waals surface area contributed by atoms with Crippen LogP contribution in [0.15, 0.2) is 34.8 Å². The Labute approximate surface area is 150 Å². The van der Waals surface area contributed by atoms with Crippen LogP contribution in [0.4, 0.5) is 18.9 Å². The standard InChI is InChI=1S/C17H14BrF3N2O2/c18-10-6-13(21)16(17(22)24)14(7-10)23-3-4-25-15(8-23)9-1-2-11(19)12(20)5-9/h1-2,5-7,15H,3-4,8H2,(H2,22,24). The average Bonchev–Trinajstić information content (AvgIpc) is 2.56. The van der Waals surface area contributed by atoms with E-state index in [-0.39, 0.29) is 18.7 Å². The molecule has 1 aliphatic rings. The van der Waals surface area contributed by atoms with Gasteiger partial charge in [0.05, 0.1) is 17.9 Å². The maximum Gasteiger partial charge on any atom is 0.253 e. The van der Waals surface area contributed by atoms with Crippen LogP contribution in [-0.4, -0.2) is 25.6 Å². The molecule has 1 aliphatic heterocycles. The summed E-state index contributed by atoms with van der Waals surface area (Å²) in [5, 5.41) is 0. The number of carbonyl (C=O) groups is 1. The van der Waals surface area contributed by atoms with Crippen LogP contribution in [0.5, 0.6) is 0 Å². The van der Waals surface area contributed by atoms with Crippen molar-refractivity contribution in [3.8, 4) is 0 Å². The van der Waals surface area contributed by atoms with E-state index in [1.54, 1.807) is 11.0 Å². The van der Waals surface area contributed by atoms with E-state index >= 15 is 0 Å². The van der Waals surface area contributed by atoms with Crippen LogP contribution in [0.3, 0.4) is 0 Å². The van der Waals surface area contributed by atoms with E-state index in [0.29, 0.717) is 22.3 Å². The fourth-order valence-corrected chi connectivity index (χ4v) is 3.25. The van der Waals surface area contributed by atoms with Crippen molar-refractivity contribution < 1.29 is 22.7 Å². The van der Waals surface area contributed by atoms with Crippen molar-refractivity contribution in [2.24, 2.45) is 5.73 Å².